The van der Waals surface area contributed by atoms with Gasteiger partial charge in [0.1, 0.15) is 18.0 Å². The molecule has 8 heteroatoms. The van der Waals surface area contributed by atoms with E-state index in [1.165, 1.54) is 0 Å². The molecule has 148 valence electrons. The molecule has 4 atom stereocenters. The van der Waals surface area contributed by atoms with E-state index in [-0.39, 0.29) is 24.2 Å². The molecule has 1 heterocycles. The van der Waals surface area contributed by atoms with Gasteiger partial charge >= 0.3 is 11.9 Å². The summed E-state index contributed by atoms with van der Waals surface area (Å²) in [6.07, 6.45) is -0.627. The van der Waals surface area contributed by atoms with Gasteiger partial charge in [-0.15, -0.1) is 0 Å². The maximum Gasteiger partial charge on any atom is 0.326 e. The van der Waals surface area contributed by atoms with Crippen molar-refractivity contribution in [2.45, 2.75) is 66.2 Å². The van der Waals surface area contributed by atoms with Crippen molar-refractivity contribution in [3.05, 3.63) is 0 Å². The Labute approximate surface area is 154 Å². The lowest BCUT2D eigenvalue weighted by Gasteiger charge is -2.37. The highest BCUT2D eigenvalue weighted by molar-refractivity contribution is 5.97. The third kappa shape index (κ3) is 5.44. The van der Waals surface area contributed by atoms with Gasteiger partial charge in [0.05, 0.1) is 0 Å². The molecule has 1 aliphatic heterocycles. The average Bonchev–Trinajstić information content (AvgIpc) is 2.47. The number of carboxylic acids is 1. The standard InChI is InChI=1S/C18H30N2O6/c1-8(2)7-11(17(23)24)19-15(21)13(10(5)6)20-16(22)14-12(9(3)4)18(25)26-14/h8-14H,7H2,1-6H3,(H,19,21)(H,20,22)(H,23,24)/t11-,12-,13-,14+/m0/s1. The van der Waals surface area contributed by atoms with Gasteiger partial charge in [-0.25, -0.2) is 4.79 Å². The maximum atomic E-state index is 12.5. The summed E-state index contributed by atoms with van der Waals surface area (Å²) in [6.45, 7) is 10.9. The minimum atomic E-state index is -1.12. The number of aliphatic carboxylic acids is 1. The van der Waals surface area contributed by atoms with E-state index in [1.807, 2.05) is 27.7 Å². The Morgan fingerprint density at radius 3 is 2.04 bits per heavy atom. The van der Waals surface area contributed by atoms with Crippen molar-refractivity contribution < 1.29 is 29.0 Å². The molecule has 0 aromatic carbocycles. The number of carbonyl (C=O) groups excluding carboxylic acids is 3. The van der Waals surface area contributed by atoms with Crippen LogP contribution in [0.1, 0.15) is 48.0 Å². The Morgan fingerprint density at radius 1 is 1.08 bits per heavy atom. The zero-order chi connectivity index (χ0) is 20.2. The number of esters is 1. The van der Waals surface area contributed by atoms with E-state index in [2.05, 4.69) is 10.6 Å². The van der Waals surface area contributed by atoms with Gasteiger partial charge < -0.3 is 20.5 Å². The normalized spacial score (nSPS) is 21.8. The highest BCUT2D eigenvalue weighted by Crippen LogP contribution is 2.29. The summed E-state index contributed by atoms with van der Waals surface area (Å²) >= 11 is 0. The monoisotopic (exact) mass is 370 g/mol. The first-order valence-electron chi connectivity index (χ1n) is 8.99. The van der Waals surface area contributed by atoms with E-state index in [4.69, 9.17) is 4.74 Å². The molecule has 1 fully saturated rings. The molecule has 26 heavy (non-hydrogen) atoms. The van der Waals surface area contributed by atoms with Crippen LogP contribution in [-0.4, -0.2) is 47.0 Å². The Balaban J connectivity index is 2.79. The van der Waals surface area contributed by atoms with Crippen molar-refractivity contribution in [1.82, 2.24) is 10.6 Å². The van der Waals surface area contributed by atoms with E-state index in [9.17, 15) is 24.3 Å². The molecule has 0 aliphatic carbocycles. The van der Waals surface area contributed by atoms with Crippen LogP contribution < -0.4 is 10.6 Å². The van der Waals surface area contributed by atoms with Gasteiger partial charge in [0.2, 0.25) is 5.91 Å². The number of carbonyl (C=O) groups is 4. The predicted molar refractivity (Wildman–Crippen MR) is 94.0 cm³/mol. The molecule has 0 saturated carbocycles. The summed E-state index contributed by atoms with van der Waals surface area (Å²) in [5, 5.41) is 14.4. The average molecular weight is 370 g/mol. The topological polar surface area (TPSA) is 122 Å². The van der Waals surface area contributed by atoms with Gasteiger partial charge in [-0.3, -0.25) is 14.4 Å². The van der Waals surface area contributed by atoms with Crippen LogP contribution in [0.5, 0.6) is 0 Å². The first-order chi connectivity index (χ1) is 12.0. The molecular formula is C18H30N2O6. The van der Waals surface area contributed by atoms with Crippen LogP contribution in [0.3, 0.4) is 0 Å². The Morgan fingerprint density at radius 2 is 1.65 bits per heavy atom. The van der Waals surface area contributed by atoms with Crippen molar-refractivity contribution in [2.75, 3.05) is 0 Å². The quantitative estimate of drug-likeness (QED) is 0.519. The fourth-order valence-corrected chi connectivity index (χ4v) is 2.89. The summed E-state index contributed by atoms with van der Waals surface area (Å²) in [5.41, 5.74) is 0. The zero-order valence-corrected chi connectivity index (χ0v) is 16.2. The molecule has 0 aromatic heterocycles. The smallest absolute Gasteiger partial charge is 0.326 e. The number of carboxylic acid groups (broad SMARTS) is 1. The van der Waals surface area contributed by atoms with Gasteiger partial charge in [-0.2, -0.15) is 0 Å². The first-order valence-corrected chi connectivity index (χ1v) is 8.99. The Bertz CT molecular complexity index is 558. The molecule has 0 aromatic rings. The second-order valence-electron chi connectivity index (χ2n) is 7.89. The van der Waals surface area contributed by atoms with Crippen molar-refractivity contribution in [2.24, 2.45) is 23.7 Å². The molecule has 0 radical (unpaired) electrons. The van der Waals surface area contributed by atoms with E-state index in [0.717, 1.165) is 0 Å². The summed E-state index contributed by atoms with van der Waals surface area (Å²) in [7, 11) is 0. The molecule has 0 bridgehead atoms. The van der Waals surface area contributed by atoms with E-state index >= 15 is 0 Å². The summed E-state index contributed by atoms with van der Waals surface area (Å²) < 4.78 is 4.93. The lowest BCUT2D eigenvalue weighted by molar-refractivity contribution is -0.193. The predicted octanol–water partition coefficient (Wildman–Crippen LogP) is 0.940. The fraction of sp³-hybridized carbons (Fsp3) is 0.778. The molecule has 2 amide bonds. The van der Waals surface area contributed by atoms with Crippen LogP contribution in [0, 0.1) is 23.7 Å². The molecular weight excluding hydrogens is 340 g/mol. The Kier molecular flexibility index (Phi) is 7.59. The van der Waals surface area contributed by atoms with Gasteiger partial charge in [-0.05, 0) is 24.2 Å². The molecule has 8 nitrogen and oxygen atoms in total. The number of rotatable bonds is 9. The van der Waals surface area contributed by atoms with Crippen molar-refractivity contribution in [3.8, 4) is 0 Å². The highest BCUT2D eigenvalue weighted by atomic mass is 16.6. The first kappa shape index (κ1) is 21.9. The number of ether oxygens (including phenoxy) is 1. The van der Waals surface area contributed by atoms with Crippen molar-refractivity contribution >= 4 is 23.8 Å². The number of hydrogen-bond donors (Lipinski definition) is 3. The van der Waals surface area contributed by atoms with Crippen LogP contribution in [0.2, 0.25) is 0 Å². The molecule has 1 aliphatic rings. The second-order valence-corrected chi connectivity index (χ2v) is 7.89. The Hall–Kier alpha value is -2.12. The fourth-order valence-electron chi connectivity index (χ4n) is 2.89. The van der Waals surface area contributed by atoms with Crippen molar-refractivity contribution in [3.63, 3.8) is 0 Å². The summed E-state index contributed by atoms with van der Waals surface area (Å²) in [6, 6.07) is -1.94. The SMILES string of the molecule is CC(C)C[C@H](NC(=O)[C@@H](NC(=O)[C@@H]1OC(=O)[C@H]1C(C)C)C(C)C)C(=O)O. The number of cyclic esters (lactones) is 1. The van der Waals surface area contributed by atoms with Crippen molar-refractivity contribution in [1.29, 1.82) is 0 Å². The van der Waals surface area contributed by atoms with E-state index < -0.39 is 47.9 Å². The maximum absolute atomic E-state index is 12.5. The third-order valence-electron chi connectivity index (χ3n) is 4.39. The highest BCUT2D eigenvalue weighted by Gasteiger charge is 2.49. The third-order valence-corrected chi connectivity index (χ3v) is 4.39. The van der Waals surface area contributed by atoms with Gasteiger partial charge in [0, 0.05) is 0 Å². The lowest BCUT2D eigenvalue weighted by Crippen LogP contribution is -2.61. The second kappa shape index (κ2) is 9.00. The minimum Gasteiger partial charge on any atom is -0.480 e. The largest absolute Gasteiger partial charge is 0.480 e. The number of nitrogens with one attached hydrogen (secondary N) is 2. The van der Waals surface area contributed by atoms with Crippen LogP contribution in [0.15, 0.2) is 0 Å². The van der Waals surface area contributed by atoms with Crippen LogP contribution >= 0.6 is 0 Å². The van der Waals surface area contributed by atoms with E-state index in [0.29, 0.717) is 0 Å². The zero-order valence-electron chi connectivity index (χ0n) is 16.2. The minimum absolute atomic E-state index is 0.0549. The van der Waals surface area contributed by atoms with Gasteiger partial charge in [0.15, 0.2) is 6.10 Å². The van der Waals surface area contributed by atoms with Gasteiger partial charge in [0.25, 0.3) is 5.91 Å². The summed E-state index contributed by atoms with van der Waals surface area (Å²) in [4.78, 5) is 47.8. The van der Waals surface area contributed by atoms with Crippen LogP contribution in [0.4, 0.5) is 0 Å². The molecule has 1 rings (SSSR count). The van der Waals surface area contributed by atoms with Gasteiger partial charge in [-0.1, -0.05) is 41.5 Å². The number of amides is 2. The number of hydrogen-bond acceptors (Lipinski definition) is 5. The van der Waals surface area contributed by atoms with Crippen LogP contribution in [-0.2, 0) is 23.9 Å². The lowest BCUT2D eigenvalue weighted by atomic mass is 9.85. The van der Waals surface area contributed by atoms with Crippen LogP contribution in [0.25, 0.3) is 0 Å². The molecule has 0 spiro atoms. The molecule has 3 N–H and O–H groups in total. The molecule has 0 unspecified atom stereocenters. The summed E-state index contributed by atoms with van der Waals surface area (Å²) in [5.74, 6) is -3.40. The van der Waals surface area contributed by atoms with E-state index in [1.54, 1.807) is 13.8 Å². The molecule has 1 saturated heterocycles.